The van der Waals surface area contributed by atoms with Crippen molar-refractivity contribution in [1.29, 1.82) is 0 Å². The summed E-state index contributed by atoms with van der Waals surface area (Å²) in [5.41, 5.74) is 6.94. The molecule has 2 N–H and O–H groups in total. The lowest BCUT2D eigenvalue weighted by Gasteiger charge is -2.21. The van der Waals surface area contributed by atoms with Gasteiger partial charge in [0.25, 0.3) is 0 Å². The van der Waals surface area contributed by atoms with Gasteiger partial charge in [-0.05, 0) is 43.5 Å². The second-order valence-corrected chi connectivity index (χ2v) is 6.17. The summed E-state index contributed by atoms with van der Waals surface area (Å²) in [5, 5.41) is 0.836. The Bertz CT molecular complexity index is 401. The van der Waals surface area contributed by atoms with Gasteiger partial charge in [-0.3, -0.25) is 4.90 Å². The van der Waals surface area contributed by atoms with Gasteiger partial charge in [0.05, 0.1) is 0 Å². The van der Waals surface area contributed by atoms with E-state index in [2.05, 4.69) is 33.8 Å². The van der Waals surface area contributed by atoms with Crippen LogP contribution in [0.15, 0.2) is 22.7 Å². The number of rotatable bonds is 3. The van der Waals surface area contributed by atoms with E-state index in [4.69, 9.17) is 17.3 Å². The summed E-state index contributed by atoms with van der Waals surface area (Å²) in [4.78, 5) is 2.46. The molecule has 2 unspecified atom stereocenters. The largest absolute Gasteiger partial charge is 0.330 e. The first-order valence-corrected chi connectivity index (χ1v) is 7.15. The molecule has 2 atom stereocenters. The first-order chi connectivity index (χ1) is 8.10. The molecule has 2 rings (SSSR count). The van der Waals surface area contributed by atoms with Crippen molar-refractivity contribution in [2.45, 2.75) is 25.9 Å². The molecule has 1 heterocycles. The highest BCUT2D eigenvalue weighted by Gasteiger charge is 2.28. The molecule has 1 fully saturated rings. The van der Waals surface area contributed by atoms with Crippen LogP contribution >= 0.6 is 39.9 Å². The highest BCUT2D eigenvalue weighted by atomic mass is 79.9. The van der Waals surface area contributed by atoms with Crippen molar-refractivity contribution in [3.8, 4) is 0 Å². The van der Waals surface area contributed by atoms with Crippen molar-refractivity contribution in [3.63, 3.8) is 0 Å². The molecular formula is C13H19BrCl2N2. The zero-order chi connectivity index (χ0) is 12.4. The van der Waals surface area contributed by atoms with Crippen LogP contribution in [0.1, 0.15) is 18.9 Å². The Morgan fingerprint density at radius 1 is 1.50 bits per heavy atom. The van der Waals surface area contributed by atoms with E-state index in [0.29, 0.717) is 12.0 Å². The van der Waals surface area contributed by atoms with E-state index in [-0.39, 0.29) is 12.4 Å². The van der Waals surface area contributed by atoms with E-state index in [0.717, 1.165) is 29.1 Å². The van der Waals surface area contributed by atoms with Gasteiger partial charge in [-0.25, -0.2) is 0 Å². The van der Waals surface area contributed by atoms with E-state index >= 15 is 0 Å². The van der Waals surface area contributed by atoms with Gasteiger partial charge in [0.1, 0.15) is 0 Å². The van der Waals surface area contributed by atoms with Crippen LogP contribution in [0.2, 0.25) is 5.02 Å². The summed E-state index contributed by atoms with van der Waals surface area (Å²) >= 11 is 9.67. The second-order valence-electron chi connectivity index (χ2n) is 4.85. The van der Waals surface area contributed by atoms with E-state index in [1.807, 2.05) is 12.1 Å². The SMILES string of the molecule is CC1CC(CN)CN1Cc1ccc(Br)cc1Cl.Cl. The van der Waals surface area contributed by atoms with E-state index in [1.165, 1.54) is 12.0 Å². The van der Waals surface area contributed by atoms with Crippen LogP contribution < -0.4 is 5.73 Å². The molecule has 1 aromatic rings. The number of hydrogen-bond donors (Lipinski definition) is 1. The van der Waals surface area contributed by atoms with Gasteiger partial charge in [0, 0.05) is 28.6 Å². The summed E-state index contributed by atoms with van der Waals surface area (Å²) in [6, 6.07) is 6.69. The second kappa shape index (κ2) is 7.11. The third-order valence-corrected chi connectivity index (χ3v) is 4.36. The van der Waals surface area contributed by atoms with Crippen LogP contribution in [0.5, 0.6) is 0 Å². The number of hydrogen-bond acceptors (Lipinski definition) is 2. The Hall–Kier alpha value is 0.200. The Balaban J connectivity index is 0.00000162. The molecule has 5 heteroatoms. The standard InChI is InChI=1S/C13H18BrClN2.ClH/c1-9-4-10(6-16)7-17(9)8-11-2-3-12(14)5-13(11)15;/h2-3,5,9-10H,4,6-8,16H2,1H3;1H. The molecule has 0 spiro atoms. The quantitative estimate of drug-likeness (QED) is 0.897. The summed E-state index contributed by atoms with van der Waals surface area (Å²) in [6.45, 7) is 5.06. The third kappa shape index (κ3) is 3.84. The maximum absolute atomic E-state index is 6.24. The minimum Gasteiger partial charge on any atom is -0.330 e. The molecule has 0 aliphatic carbocycles. The summed E-state index contributed by atoms with van der Waals surface area (Å²) < 4.78 is 1.03. The van der Waals surface area contributed by atoms with Crippen LogP contribution in [-0.4, -0.2) is 24.0 Å². The summed E-state index contributed by atoms with van der Waals surface area (Å²) in [7, 11) is 0. The third-order valence-electron chi connectivity index (χ3n) is 3.51. The van der Waals surface area contributed by atoms with Gasteiger partial charge in [-0.15, -0.1) is 12.4 Å². The Kier molecular flexibility index (Phi) is 6.42. The predicted octanol–water partition coefficient (Wildman–Crippen LogP) is 3.69. The van der Waals surface area contributed by atoms with Gasteiger partial charge >= 0.3 is 0 Å². The van der Waals surface area contributed by atoms with Crippen molar-refractivity contribution >= 4 is 39.9 Å². The molecule has 0 amide bonds. The normalized spacial score (nSPS) is 24.0. The first-order valence-electron chi connectivity index (χ1n) is 5.98. The lowest BCUT2D eigenvalue weighted by Crippen LogP contribution is -2.27. The van der Waals surface area contributed by atoms with Crippen LogP contribution in [-0.2, 0) is 6.54 Å². The fraction of sp³-hybridized carbons (Fsp3) is 0.538. The number of benzene rings is 1. The molecule has 18 heavy (non-hydrogen) atoms. The van der Waals surface area contributed by atoms with E-state index in [9.17, 15) is 0 Å². The average Bonchev–Trinajstić information content (AvgIpc) is 2.64. The summed E-state index contributed by atoms with van der Waals surface area (Å²) in [5.74, 6) is 0.638. The van der Waals surface area contributed by atoms with E-state index < -0.39 is 0 Å². The minimum atomic E-state index is 0. The highest BCUT2D eigenvalue weighted by molar-refractivity contribution is 9.10. The topological polar surface area (TPSA) is 29.3 Å². The monoisotopic (exact) mass is 352 g/mol. The molecule has 1 aliphatic heterocycles. The number of nitrogens with zero attached hydrogens (tertiary/aromatic N) is 1. The molecule has 0 saturated carbocycles. The zero-order valence-corrected chi connectivity index (χ0v) is 13.6. The Morgan fingerprint density at radius 3 is 2.78 bits per heavy atom. The molecular weight excluding hydrogens is 335 g/mol. The van der Waals surface area contributed by atoms with Gasteiger partial charge in [-0.2, -0.15) is 0 Å². The Morgan fingerprint density at radius 2 is 2.22 bits per heavy atom. The van der Waals surface area contributed by atoms with Gasteiger partial charge < -0.3 is 5.73 Å². The highest BCUT2D eigenvalue weighted by Crippen LogP contribution is 2.27. The van der Waals surface area contributed by atoms with Crippen molar-refractivity contribution < 1.29 is 0 Å². The minimum absolute atomic E-state index is 0. The van der Waals surface area contributed by atoms with Crippen LogP contribution in [0.3, 0.4) is 0 Å². The van der Waals surface area contributed by atoms with Crippen LogP contribution in [0.4, 0.5) is 0 Å². The summed E-state index contributed by atoms with van der Waals surface area (Å²) in [6.07, 6.45) is 1.20. The molecule has 0 radical (unpaired) electrons. The molecule has 1 aromatic carbocycles. The fourth-order valence-electron chi connectivity index (χ4n) is 2.48. The maximum Gasteiger partial charge on any atom is 0.0462 e. The van der Waals surface area contributed by atoms with Crippen LogP contribution in [0, 0.1) is 5.92 Å². The van der Waals surface area contributed by atoms with Gasteiger partial charge in [0.2, 0.25) is 0 Å². The molecule has 1 aliphatic rings. The number of halogens is 3. The Labute approximate surface area is 128 Å². The molecule has 0 bridgehead atoms. The number of likely N-dealkylation sites (tertiary alicyclic amines) is 1. The van der Waals surface area contributed by atoms with Crippen molar-refractivity contribution in [2.75, 3.05) is 13.1 Å². The average molecular weight is 354 g/mol. The molecule has 1 saturated heterocycles. The first kappa shape index (κ1) is 16.3. The zero-order valence-electron chi connectivity index (χ0n) is 10.4. The fourth-order valence-corrected chi connectivity index (χ4v) is 3.21. The lowest BCUT2D eigenvalue weighted by molar-refractivity contribution is 0.256. The predicted molar refractivity (Wildman–Crippen MR) is 83.4 cm³/mol. The van der Waals surface area contributed by atoms with Crippen molar-refractivity contribution in [1.82, 2.24) is 4.90 Å². The maximum atomic E-state index is 6.24. The van der Waals surface area contributed by atoms with Crippen molar-refractivity contribution in [2.24, 2.45) is 11.7 Å². The van der Waals surface area contributed by atoms with Crippen molar-refractivity contribution in [3.05, 3.63) is 33.3 Å². The molecule has 2 nitrogen and oxygen atoms in total. The van der Waals surface area contributed by atoms with Crippen LogP contribution in [0.25, 0.3) is 0 Å². The van der Waals surface area contributed by atoms with Gasteiger partial charge in [0.15, 0.2) is 0 Å². The smallest absolute Gasteiger partial charge is 0.0462 e. The lowest BCUT2D eigenvalue weighted by atomic mass is 10.1. The molecule has 102 valence electrons. The van der Waals surface area contributed by atoms with Gasteiger partial charge in [-0.1, -0.05) is 33.6 Å². The number of nitrogens with two attached hydrogens (primary N) is 1. The van der Waals surface area contributed by atoms with E-state index in [1.54, 1.807) is 0 Å². The molecule has 0 aromatic heterocycles.